The highest BCUT2D eigenvalue weighted by atomic mass is 16.5. The first-order chi connectivity index (χ1) is 17.8. The third-order valence-corrected chi connectivity index (χ3v) is 6.41. The fourth-order valence-corrected chi connectivity index (χ4v) is 4.20. The molecule has 7 heteroatoms. The average Bonchev–Trinajstić information content (AvgIpc) is 2.85. The molecule has 0 saturated heterocycles. The van der Waals surface area contributed by atoms with Gasteiger partial charge in [0.05, 0.1) is 7.11 Å². The van der Waals surface area contributed by atoms with Crippen molar-refractivity contribution >= 4 is 11.8 Å². The molecule has 0 aromatic heterocycles. The summed E-state index contributed by atoms with van der Waals surface area (Å²) < 4.78 is 10.6. The molecule has 0 spiro atoms. The molecule has 2 amide bonds. The summed E-state index contributed by atoms with van der Waals surface area (Å²) in [6, 6.07) is 10.3. The second-order valence-corrected chi connectivity index (χ2v) is 11.7. The fourth-order valence-electron chi connectivity index (χ4n) is 4.20. The fraction of sp³-hybridized carbons (Fsp3) is 0.548. The molecule has 0 radical (unpaired) electrons. The molecule has 0 aliphatic carbocycles. The van der Waals surface area contributed by atoms with E-state index in [2.05, 4.69) is 52.2 Å². The standard InChI is InChI=1S/C31H46N2O5/c1-9-38-18-10-17-32-29(36)27(22-12-14-23(37-8)15-13-22)33-26(34)16-11-21-19-24(30(2,3)4)28(35)25(20-21)31(5,6)7/h12-15,19-20,27,35H,9-11,16-18H2,1-8H3,(H,32,36)(H,33,34). The Labute approximate surface area is 228 Å². The zero-order chi connectivity index (χ0) is 28.5. The summed E-state index contributed by atoms with van der Waals surface area (Å²) >= 11 is 0. The van der Waals surface area contributed by atoms with Crippen LogP contribution in [0.4, 0.5) is 0 Å². The van der Waals surface area contributed by atoms with Gasteiger partial charge in [-0.05, 0) is 65.0 Å². The zero-order valence-electron chi connectivity index (χ0n) is 24.4. The molecule has 0 fully saturated rings. The molecule has 1 unspecified atom stereocenters. The maximum Gasteiger partial charge on any atom is 0.247 e. The molecule has 7 nitrogen and oxygen atoms in total. The summed E-state index contributed by atoms with van der Waals surface area (Å²) in [6.07, 6.45) is 1.39. The molecule has 0 heterocycles. The van der Waals surface area contributed by atoms with E-state index in [-0.39, 0.29) is 29.1 Å². The molecule has 2 aromatic carbocycles. The van der Waals surface area contributed by atoms with Gasteiger partial charge in [-0.2, -0.15) is 0 Å². The highest BCUT2D eigenvalue weighted by Gasteiger charge is 2.27. The molecule has 0 saturated carbocycles. The van der Waals surface area contributed by atoms with Crippen LogP contribution >= 0.6 is 0 Å². The van der Waals surface area contributed by atoms with Crippen LogP contribution in [0.3, 0.4) is 0 Å². The van der Waals surface area contributed by atoms with Gasteiger partial charge in [0, 0.05) is 26.2 Å². The first-order valence-corrected chi connectivity index (χ1v) is 13.4. The van der Waals surface area contributed by atoms with E-state index < -0.39 is 6.04 Å². The van der Waals surface area contributed by atoms with Crippen molar-refractivity contribution in [1.82, 2.24) is 10.6 Å². The Kier molecular flexibility index (Phi) is 11.2. The van der Waals surface area contributed by atoms with Crippen LogP contribution < -0.4 is 15.4 Å². The van der Waals surface area contributed by atoms with Gasteiger partial charge in [-0.15, -0.1) is 0 Å². The number of amides is 2. The summed E-state index contributed by atoms with van der Waals surface area (Å²) in [5, 5.41) is 16.8. The monoisotopic (exact) mass is 526 g/mol. The average molecular weight is 527 g/mol. The Morgan fingerprint density at radius 1 is 0.974 bits per heavy atom. The maximum atomic E-state index is 13.1. The van der Waals surface area contributed by atoms with Crippen molar-refractivity contribution in [1.29, 1.82) is 0 Å². The van der Waals surface area contributed by atoms with Crippen LogP contribution in [0.25, 0.3) is 0 Å². The number of hydrogen-bond acceptors (Lipinski definition) is 5. The largest absolute Gasteiger partial charge is 0.507 e. The lowest BCUT2D eigenvalue weighted by Gasteiger charge is -2.28. The minimum Gasteiger partial charge on any atom is -0.507 e. The van der Waals surface area contributed by atoms with Crippen molar-refractivity contribution in [2.24, 2.45) is 0 Å². The van der Waals surface area contributed by atoms with E-state index in [0.717, 1.165) is 16.7 Å². The maximum absolute atomic E-state index is 13.1. The summed E-state index contributed by atoms with van der Waals surface area (Å²) in [5.74, 6) is 0.499. The molecule has 38 heavy (non-hydrogen) atoms. The third kappa shape index (κ3) is 9.05. The van der Waals surface area contributed by atoms with E-state index in [1.54, 1.807) is 31.4 Å². The van der Waals surface area contributed by atoms with Crippen LogP contribution in [0, 0.1) is 0 Å². The van der Waals surface area contributed by atoms with Gasteiger partial charge in [-0.1, -0.05) is 65.8 Å². The predicted octanol–water partition coefficient (Wildman–Crippen LogP) is 5.33. The molecule has 2 rings (SSSR count). The van der Waals surface area contributed by atoms with Crippen LogP contribution in [-0.4, -0.2) is 43.8 Å². The normalized spacial score (nSPS) is 12.6. The Hall–Kier alpha value is -3.06. The van der Waals surface area contributed by atoms with Crippen molar-refractivity contribution in [3.63, 3.8) is 0 Å². The van der Waals surface area contributed by atoms with E-state index in [4.69, 9.17) is 9.47 Å². The molecule has 0 bridgehead atoms. The van der Waals surface area contributed by atoms with E-state index in [1.165, 1.54) is 0 Å². The predicted molar refractivity (Wildman–Crippen MR) is 152 cm³/mol. The number of phenols is 1. The molecule has 0 aliphatic heterocycles. The first-order valence-electron chi connectivity index (χ1n) is 13.4. The lowest BCUT2D eigenvalue weighted by atomic mass is 9.78. The van der Waals surface area contributed by atoms with Gasteiger partial charge in [0.25, 0.3) is 0 Å². The highest BCUT2D eigenvalue weighted by molar-refractivity contribution is 5.88. The SMILES string of the molecule is CCOCCCNC(=O)C(NC(=O)CCc1cc(C(C)(C)C)c(O)c(C(C)(C)C)c1)c1ccc(OC)cc1. The Balaban J connectivity index is 2.20. The molecular formula is C31H46N2O5. The molecule has 2 aromatic rings. The van der Waals surface area contributed by atoms with Crippen molar-refractivity contribution in [3.8, 4) is 11.5 Å². The quantitative estimate of drug-likeness (QED) is 0.325. The number of nitrogens with one attached hydrogen (secondary N) is 2. The van der Waals surface area contributed by atoms with Crippen LogP contribution in [0.2, 0.25) is 0 Å². The van der Waals surface area contributed by atoms with Gasteiger partial charge < -0.3 is 25.2 Å². The van der Waals surface area contributed by atoms with Gasteiger partial charge >= 0.3 is 0 Å². The highest BCUT2D eigenvalue weighted by Crippen LogP contribution is 2.40. The zero-order valence-corrected chi connectivity index (χ0v) is 24.4. The topological polar surface area (TPSA) is 96.9 Å². The van der Waals surface area contributed by atoms with Gasteiger partial charge in [-0.25, -0.2) is 0 Å². The van der Waals surface area contributed by atoms with Gasteiger partial charge in [0.1, 0.15) is 17.5 Å². The second kappa shape index (κ2) is 13.7. The van der Waals surface area contributed by atoms with E-state index >= 15 is 0 Å². The summed E-state index contributed by atoms with van der Waals surface area (Å²) in [4.78, 5) is 26.2. The molecule has 0 aliphatic rings. The number of carbonyl (C=O) groups is 2. The number of phenolic OH excluding ortho intramolecular Hbond substituents is 1. The first kappa shape index (κ1) is 31.2. The lowest BCUT2D eigenvalue weighted by molar-refractivity contribution is -0.129. The van der Waals surface area contributed by atoms with E-state index in [9.17, 15) is 14.7 Å². The number of carbonyl (C=O) groups excluding carboxylic acids is 2. The van der Waals surface area contributed by atoms with E-state index in [0.29, 0.717) is 49.7 Å². The van der Waals surface area contributed by atoms with Gasteiger partial charge in [0.2, 0.25) is 11.8 Å². The number of methoxy groups -OCH3 is 1. The van der Waals surface area contributed by atoms with E-state index in [1.807, 2.05) is 19.1 Å². The summed E-state index contributed by atoms with van der Waals surface area (Å²) in [5.41, 5.74) is 2.89. The van der Waals surface area contributed by atoms with Gasteiger partial charge in [0.15, 0.2) is 0 Å². The number of benzene rings is 2. The molecule has 1 atom stereocenters. The number of aromatic hydroxyl groups is 1. The van der Waals surface area contributed by atoms with Crippen molar-refractivity contribution in [3.05, 3.63) is 58.7 Å². The van der Waals surface area contributed by atoms with Crippen molar-refractivity contribution in [2.75, 3.05) is 26.9 Å². The minimum absolute atomic E-state index is 0.211. The van der Waals surface area contributed by atoms with Crippen LogP contribution in [-0.2, 0) is 31.6 Å². The molecule has 3 N–H and O–H groups in total. The molecular weight excluding hydrogens is 480 g/mol. The minimum atomic E-state index is -0.824. The number of aryl methyl sites for hydroxylation is 1. The Morgan fingerprint density at radius 3 is 2.05 bits per heavy atom. The van der Waals surface area contributed by atoms with Crippen molar-refractivity contribution in [2.45, 2.75) is 84.6 Å². The lowest BCUT2D eigenvalue weighted by Crippen LogP contribution is -2.41. The van der Waals surface area contributed by atoms with Crippen LogP contribution in [0.15, 0.2) is 36.4 Å². The Bertz CT molecular complexity index is 1030. The third-order valence-electron chi connectivity index (χ3n) is 6.41. The number of ether oxygens (including phenoxy) is 2. The van der Waals surface area contributed by atoms with Crippen LogP contribution in [0.1, 0.15) is 89.6 Å². The second-order valence-electron chi connectivity index (χ2n) is 11.7. The smallest absolute Gasteiger partial charge is 0.247 e. The van der Waals surface area contributed by atoms with Crippen molar-refractivity contribution < 1.29 is 24.2 Å². The summed E-state index contributed by atoms with van der Waals surface area (Å²) in [6.45, 7) is 16.0. The van der Waals surface area contributed by atoms with Crippen LogP contribution in [0.5, 0.6) is 11.5 Å². The number of rotatable bonds is 12. The Morgan fingerprint density at radius 2 is 1.55 bits per heavy atom. The van der Waals surface area contributed by atoms with Gasteiger partial charge in [-0.3, -0.25) is 9.59 Å². The number of hydrogen-bond donors (Lipinski definition) is 3. The summed E-state index contributed by atoms with van der Waals surface area (Å²) in [7, 11) is 1.58. The molecule has 210 valence electrons.